The van der Waals surface area contributed by atoms with Crippen molar-refractivity contribution < 1.29 is 4.79 Å². The highest BCUT2D eigenvalue weighted by atomic mass is 32.1. The maximum Gasteiger partial charge on any atom is 0.229 e. The van der Waals surface area contributed by atoms with E-state index in [1.807, 2.05) is 5.38 Å². The van der Waals surface area contributed by atoms with E-state index in [1.165, 1.54) is 30.6 Å². The summed E-state index contributed by atoms with van der Waals surface area (Å²) in [5.41, 5.74) is 0. The Balaban J connectivity index is 1.66. The van der Waals surface area contributed by atoms with Crippen molar-refractivity contribution in [2.24, 2.45) is 17.8 Å². The van der Waals surface area contributed by atoms with Crippen molar-refractivity contribution in [1.82, 2.24) is 4.98 Å². The second kappa shape index (κ2) is 3.59. The summed E-state index contributed by atoms with van der Waals surface area (Å²) in [7, 11) is 0. The predicted molar refractivity (Wildman–Crippen MR) is 59.7 cm³/mol. The quantitative estimate of drug-likeness (QED) is 0.835. The van der Waals surface area contributed by atoms with Crippen LogP contribution in [0, 0.1) is 17.8 Å². The Morgan fingerprint density at radius 3 is 3.00 bits per heavy atom. The van der Waals surface area contributed by atoms with Gasteiger partial charge in [0.05, 0.1) is 0 Å². The summed E-state index contributed by atoms with van der Waals surface area (Å²) in [6.07, 6.45) is 6.69. The van der Waals surface area contributed by atoms with Gasteiger partial charge in [0.2, 0.25) is 5.91 Å². The summed E-state index contributed by atoms with van der Waals surface area (Å²) in [6.45, 7) is 0. The van der Waals surface area contributed by atoms with Gasteiger partial charge in [-0.1, -0.05) is 6.42 Å². The van der Waals surface area contributed by atoms with Crippen LogP contribution in [0.1, 0.15) is 25.7 Å². The summed E-state index contributed by atoms with van der Waals surface area (Å²) in [5.74, 6) is 1.92. The number of hydrogen-bond acceptors (Lipinski definition) is 3. The molecule has 1 aromatic rings. The number of fused-ring (bicyclic) bond motifs is 2. The van der Waals surface area contributed by atoms with Gasteiger partial charge in [-0.3, -0.25) is 4.79 Å². The standard InChI is InChI=1S/C11H14N2OS/c14-10(13-11-12-3-4-15-11)9-6-7-1-2-8(9)5-7/h3-4,7-9H,1-2,5-6H2,(H,12,13,14)/t7-,8-,9+/m0/s1. The lowest BCUT2D eigenvalue weighted by Gasteiger charge is -2.19. The van der Waals surface area contributed by atoms with Crippen molar-refractivity contribution in [1.29, 1.82) is 0 Å². The molecule has 0 radical (unpaired) electrons. The molecule has 1 heterocycles. The first kappa shape index (κ1) is 9.33. The van der Waals surface area contributed by atoms with Crippen LogP contribution in [0.25, 0.3) is 0 Å². The van der Waals surface area contributed by atoms with Gasteiger partial charge in [-0.2, -0.15) is 0 Å². The monoisotopic (exact) mass is 222 g/mol. The maximum atomic E-state index is 12.0. The Bertz CT molecular complexity index is 363. The van der Waals surface area contributed by atoms with Crippen molar-refractivity contribution in [2.45, 2.75) is 25.7 Å². The first-order valence-corrected chi connectivity index (χ1v) is 6.41. The second-order valence-electron chi connectivity index (χ2n) is 4.61. The number of nitrogens with zero attached hydrogens (tertiary/aromatic N) is 1. The summed E-state index contributed by atoms with van der Waals surface area (Å²) in [5, 5.41) is 5.54. The number of aromatic nitrogens is 1. The van der Waals surface area contributed by atoms with Gasteiger partial charge in [-0.05, 0) is 31.1 Å². The summed E-state index contributed by atoms with van der Waals surface area (Å²) in [6, 6.07) is 0. The molecule has 2 aliphatic carbocycles. The average molecular weight is 222 g/mol. The summed E-state index contributed by atoms with van der Waals surface area (Å²) in [4.78, 5) is 16.0. The van der Waals surface area contributed by atoms with Crippen LogP contribution in [0.15, 0.2) is 11.6 Å². The van der Waals surface area contributed by atoms with E-state index in [2.05, 4.69) is 10.3 Å². The average Bonchev–Trinajstić information content (AvgIpc) is 2.93. The number of carbonyl (C=O) groups is 1. The number of thiazole rings is 1. The lowest BCUT2D eigenvalue weighted by molar-refractivity contribution is -0.121. The van der Waals surface area contributed by atoms with Crippen LogP contribution in [0.4, 0.5) is 5.13 Å². The number of rotatable bonds is 2. The molecular weight excluding hydrogens is 208 g/mol. The van der Waals surface area contributed by atoms with Gasteiger partial charge >= 0.3 is 0 Å². The minimum absolute atomic E-state index is 0.192. The number of anilines is 1. The summed E-state index contributed by atoms with van der Waals surface area (Å²) < 4.78 is 0. The zero-order chi connectivity index (χ0) is 10.3. The molecule has 3 rings (SSSR count). The zero-order valence-corrected chi connectivity index (χ0v) is 9.30. The molecule has 80 valence electrons. The fraction of sp³-hybridized carbons (Fsp3) is 0.636. The van der Waals surface area contributed by atoms with Crippen LogP contribution >= 0.6 is 11.3 Å². The summed E-state index contributed by atoms with van der Waals surface area (Å²) >= 11 is 1.49. The molecule has 4 heteroatoms. The van der Waals surface area contributed by atoms with Crippen LogP contribution in [0.2, 0.25) is 0 Å². The molecule has 1 amide bonds. The van der Waals surface area contributed by atoms with Crippen molar-refractivity contribution in [3.05, 3.63) is 11.6 Å². The first-order chi connectivity index (χ1) is 7.33. The maximum absolute atomic E-state index is 12.0. The van der Waals surface area contributed by atoms with E-state index in [1.54, 1.807) is 6.20 Å². The molecule has 0 aromatic carbocycles. The van der Waals surface area contributed by atoms with Crippen LogP contribution in [-0.4, -0.2) is 10.9 Å². The Morgan fingerprint density at radius 2 is 2.40 bits per heavy atom. The van der Waals surface area contributed by atoms with Gasteiger partial charge in [-0.25, -0.2) is 4.98 Å². The highest BCUT2D eigenvalue weighted by Crippen LogP contribution is 2.48. The van der Waals surface area contributed by atoms with Crippen LogP contribution < -0.4 is 5.32 Å². The highest BCUT2D eigenvalue weighted by Gasteiger charge is 2.43. The van der Waals surface area contributed by atoms with Crippen molar-refractivity contribution in [2.75, 3.05) is 5.32 Å². The Hall–Kier alpha value is -0.900. The van der Waals surface area contributed by atoms with E-state index in [0.717, 1.165) is 17.5 Å². The molecule has 15 heavy (non-hydrogen) atoms. The molecule has 0 unspecified atom stereocenters. The van der Waals surface area contributed by atoms with Gasteiger partial charge in [-0.15, -0.1) is 11.3 Å². The highest BCUT2D eigenvalue weighted by molar-refractivity contribution is 7.13. The molecule has 0 aliphatic heterocycles. The molecule has 0 spiro atoms. The predicted octanol–water partition coefficient (Wildman–Crippen LogP) is 2.52. The number of nitrogens with one attached hydrogen (secondary N) is 1. The van der Waals surface area contributed by atoms with Crippen LogP contribution in [0.3, 0.4) is 0 Å². The largest absolute Gasteiger partial charge is 0.302 e. The molecule has 2 bridgehead atoms. The zero-order valence-electron chi connectivity index (χ0n) is 8.48. The van der Waals surface area contributed by atoms with Crippen molar-refractivity contribution in [3.8, 4) is 0 Å². The number of carbonyl (C=O) groups excluding carboxylic acids is 1. The SMILES string of the molecule is O=C(Nc1nccs1)[C@@H]1C[C@H]2CC[C@H]1C2. The molecule has 2 aliphatic rings. The fourth-order valence-electron chi connectivity index (χ4n) is 3.05. The molecule has 0 saturated heterocycles. The Morgan fingerprint density at radius 1 is 1.47 bits per heavy atom. The molecule has 1 N–H and O–H groups in total. The Kier molecular flexibility index (Phi) is 2.24. The third kappa shape index (κ3) is 1.67. The third-order valence-electron chi connectivity index (χ3n) is 3.74. The minimum atomic E-state index is 0.192. The van der Waals surface area contributed by atoms with E-state index in [9.17, 15) is 4.79 Å². The van der Waals surface area contributed by atoms with Gasteiger partial charge in [0.1, 0.15) is 0 Å². The molecular formula is C11H14N2OS. The first-order valence-electron chi connectivity index (χ1n) is 5.53. The lowest BCUT2D eigenvalue weighted by Crippen LogP contribution is -2.27. The second-order valence-corrected chi connectivity index (χ2v) is 5.50. The van der Waals surface area contributed by atoms with Gasteiger partial charge < -0.3 is 5.32 Å². The van der Waals surface area contributed by atoms with E-state index >= 15 is 0 Å². The lowest BCUT2D eigenvalue weighted by atomic mass is 9.88. The van der Waals surface area contributed by atoms with E-state index in [0.29, 0.717) is 5.92 Å². The van der Waals surface area contributed by atoms with Crippen LogP contribution in [-0.2, 0) is 4.79 Å². The van der Waals surface area contributed by atoms with Gasteiger partial charge in [0, 0.05) is 17.5 Å². The molecule has 1 aromatic heterocycles. The Labute approximate surface area is 92.9 Å². The topological polar surface area (TPSA) is 42.0 Å². The van der Waals surface area contributed by atoms with E-state index < -0.39 is 0 Å². The molecule has 2 saturated carbocycles. The van der Waals surface area contributed by atoms with Crippen molar-refractivity contribution >= 4 is 22.4 Å². The fourth-order valence-corrected chi connectivity index (χ4v) is 3.58. The minimum Gasteiger partial charge on any atom is -0.302 e. The van der Waals surface area contributed by atoms with Crippen LogP contribution in [0.5, 0.6) is 0 Å². The third-order valence-corrected chi connectivity index (χ3v) is 4.43. The van der Waals surface area contributed by atoms with Crippen molar-refractivity contribution in [3.63, 3.8) is 0 Å². The normalized spacial score (nSPS) is 33.2. The molecule has 3 nitrogen and oxygen atoms in total. The number of hydrogen-bond donors (Lipinski definition) is 1. The number of amides is 1. The van der Waals surface area contributed by atoms with Gasteiger partial charge in [0.15, 0.2) is 5.13 Å². The molecule has 3 atom stereocenters. The molecule has 2 fully saturated rings. The van der Waals surface area contributed by atoms with Gasteiger partial charge in [0.25, 0.3) is 0 Å². The van der Waals surface area contributed by atoms with E-state index in [-0.39, 0.29) is 11.8 Å². The smallest absolute Gasteiger partial charge is 0.229 e. The van der Waals surface area contributed by atoms with E-state index in [4.69, 9.17) is 0 Å².